The number of benzene rings is 2. The van der Waals surface area contributed by atoms with E-state index in [1.807, 2.05) is 16.7 Å². The van der Waals surface area contributed by atoms with Crippen LogP contribution in [0.15, 0.2) is 41.4 Å². The third-order valence-corrected chi connectivity index (χ3v) is 5.48. The number of halogens is 1. The van der Waals surface area contributed by atoms with E-state index in [0.29, 0.717) is 28.8 Å². The van der Waals surface area contributed by atoms with Gasteiger partial charge in [-0.05, 0) is 30.7 Å². The lowest BCUT2D eigenvalue weighted by molar-refractivity contribution is -0.120. The Kier molecular flexibility index (Phi) is 5.54. The van der Waals surface area contributed by atoms with Gasteiger partial charge in [0.25, 0.3) is 5.91 Å². The molecule has 1 amide bonds. The molecular weight excluding hydrogens is 400 g/mol. The standard InChI is InChI=1S/C20H19ClN2O4S/c1-2-7-23-15-10-16-17(26-9-8-25-16)11-18(15)28-20(23)22-19(24)12-27-14-5-3-13(21)4-6-14/h3-6,10-11H,2,7-9,12H2,1H3. The zero-order valence-corrected chi connectivity index (χ0v) is 16.9. The molecule has 0 saturated heterocycles. The van der Waals surface area contributed by atoms with Crippen LogP contribution in [0.25, 0.3) is 10.2 Å². The number of aromatic nitrogens is 1. The van der Waals surface area contributed by atoms with Gasteiger partial charge in [-0.3, -0.25) is 4.79 Å². The molecule has 0 radical (unpaired) electrons. The summed E-state index contributed by atoms with van der Waals surface area (Å²) < 4.78 is 19.9. The molecule has 0 bridgehead atoms. The van der Waals surface area contributed by atoms with Crippen LogP contribution in [0.1, 0.15) is 13.3 Å². The van der Waals surface area contributed by atoms with Gasteiger partial charge in [0, 0.05) is 23.7 Å². The zero-order valence-electron chi connectivity index (χ0n) is 15.3. The van der Waals surface area contributed by atoms with Crippen LogP contribution in [0.5, 0.6) is 17.2 Å². The van der Waals surface area contributed by atoms with E-state index in [0.717, 1.165) is 34.7 Å². The van der Waals surface area contributed by atoms with E-state index in [9.17, 15) is 4.79 Å². The summed E-state index contributed by atoms with van der Waals surface area (Å²) in [6.07, 6.45) is 0.920. The van der Waals surface area contributed by atoms with Gasteiger partial charge in [-0.1, -0.05) is 29.9 Å². The Morgan fingerprint density at radius 2 is 1.93 bits per heavy atom. The fourth-order valence-electron chi connectivity index (χ4n) is 2.95. The van der Waals surface area contributed by atoms with E-state index in [2.05, 4.69) is 11.9 Å². The van der Waals surface area contributed by atoms with Crippen molar-refractivity contribution in [2.45, 2.75) is 19.9 Å². The number of thiazole rings is 1. The number of amides is 1. The van der Waals surface area contributed by atoms with Crippen molar-refractivity contribution in [3.8, 4) is 17.2 Å². The molecule has 2 heterocycles. The molecule has 2 aromatic carbocycles. The number of carbonyl (C=O) groups is 1. The van der Waals surface area contributed by atoms with Crippen molar-refractivity contribution < 1.29 is 19.0 Å². The van der Waals surface area contributed by atoms with Crippen molar-refractivity contribution in [1.29, 1.82) is 0 Å². The summed E-state index contributed by atoms with van der Waals surface area (Å²) in [7, 11) is 0. The van der Waals surface area contributed by atoms with Gasteiger partial charge >= 0.3 is 0 Å². The lowest BCUT2D eigenvalue weighted by Crippen LogP contribution is -2.19. The van der Waals surface area contributed by atoms with E-state index < -0.39 is 0 Å². The summed E-state index contributed by atoms with van der Waals surface area (Å²) in [4.78, 5) is 17.3. The minimum absolute atomic E-state index is 0.134. The molecule has 1 aliphatic heterocycles. The van der Waals surface area contributed by atoms with Gasteiger partial charge in [0.1, 0.15) is 19.0 Å². The summed E-state index contributed by atoms with van der Waals surface area (Å²) in [6, 6.07) is 10.8. The molecule has 0 saturated carbocycles. The summed E-state index contributed by atoms with van der Waals surface area (Å²) in [5.41, 5.74) is 0.987. The van der Waals surface area contributed by atoms with Crippen molar-refractivity contribution in [3.05, 3.63) is 46.2 Å². The Bertz CT molecular complexity index is 1070. The van der Waals surface area contributed by atoms with E-state index in [4.69, 9.17) is 25.8 Å². The second-order valence-corrected chi connectivity index (χ2v) is 7.69. The second-order valence-electron chi connectivity index (χ2n) is 6.25. The van der Waals surface area contributed by atoms with Gasteiger partial charge in [-0.2, -0.15) is 4.99 Å². The number of hydrogen-bond acceptors (Lipinski definition) is 5. The quantitative estimate of drug-likeness (QED) is 0.627. The van der Waals surface area contributed by atoms with Crippen LogP contribution >= 0.6 is 22.9 Å². The Labute approximate surface area is 170 Å². The predicted molar refractivity (Wildman–Crippen MR) is 109 cm³/mol. The average molecular weight is 419 g/mol. The third-order valence-electron chi connectivity index (χ3n) is 4.19. The normalized spacial score (nSPS) is 13.7. The van der Waals surface area contributed by atoms with Crippen molar-refractivity contribution in [3.63, 3.8) is 0 Å². The van der Waals surface area contributed by atoms with E-state index >= 15 is 0 Å². The van der Waals surface area contributed by atoms with Crippen LogP contribution in [0.2, 0.25) is 5.02 Å². The highest BCUT2D eigenvalue weighted by molar-refractivity contribution is 7.16. The fourth-order valence-corrected chi connectivity index (χ4v) is 4.16. The second kappa shape index (κ2) is 8.24. The van der Waals surface area contributed by atoms with Gasteiger partial charge in [0.2, 0.25) is 0 Å². The van der Waals surface area contributed by atoms with Crippen LogP contribution < -0.4 is 19.0 Å². The van der Waals surface area contributed by atoms with Crippen molar-refractivity contribution >= 4 is 39.1 Å². The molecule has 0 aliphatic carbocycles. The number of nitrogens with zero attached hydrogens (tertiary/aromatic N) is 2. The largest absolute Gasteiger partial charge is 0.486 e. The van der Waals surface area contributed by atoms with E-state index in [1.165, 1.54) is 11.3 Å². The molecule has 1 aliphatic rings. The summed E-state index contributed by atoms with van der Waals surface area (Å²) >= 11 is 7.31. The first-order valence-electron chi connectivity index (χ1n) is 9.03. The molecule has 6 nitrogen and oxygen atoms in total. The topological polar surface area (TPSA) is 62.1 Å². The number of hydrogen-bond donors (Lipinski definition) is 0. The molecule has 0 fully saturated rings. The highest BCUT2D eigenvalue weighted by Gasteiger charge is 2.16. The lowest BCUT2D eigenvalue weighted by atomic mass is 10.2. The number of rotatable bonds is 5. The molecule has 146 valence electrons. The molecular formula is C20H19ClN2O4S. The van der Waals surface area contributed by atoms with Gasteiger partial charge in [-0.25, -0.2) is 0 Å². The summed E-state index contributed by atoms with van der Waals surface area (Å²) in [5.74, 6) is 1.69. The highest BCUT2D eigenvalue weighted by Crippen LogP contribution is 2.35. The van der Waals surface area contributed by atoms with Crippen molar-refractivity contribution in [1.82, 2.24) is 4.57 Å². The first-order chi connectivity index (χ1) is 13.6. The number of carbonyl (C=O) groups excluding carboxylic acids is 1. The number of aryl methyl sites for hydroxylation is 1. The molecule has 1 aromatic heterocycles. The number of ether oxygens (including phenoxy) is 3. The lowest BCUT2D eigenvalue weighted by Gasteiger charge is -2.18. The van der Waals surface area contributed by atoms with Crippen LogP contribution in [0.4, 0.5) is 0 Å². The molecule has 0 atom stereocenters. The molecule has 0 unspecified atom stereocenters. The van der Waals surface area contributed by atoms with Gasteiger partial charge in [0.15, 0.2) is 22.9 Å². The first-order valence-corrected chi connectivity index (χ1v) is 10.2. The van der Waals surface area contributed by atoms with Gasteiger partial charge in [-0.15, -0.1) is 0 Å². The molecule has 4 rings (SSSR count). The minimum atomic E-state index is -0.344. The molecule has 28 heavy (non-hydrogen) atoms. The molecule has 3 aromatic rings. The van der Waals surface area contributed by atoms with Crippen molar-refractivity contribution in [2.75, 3.05) is 19.8 Å². The van der Waals surface area contributed by atoms with Crippen LogP contribution in [-0.2, 0) is 11.3 Å². The van der Waals surface area contributed by atoms with Crippen molar-refractivity contribution in [2.24, 2.45) is 4.99 Å². The smallest absolute Gasteiger partial charge is 0.286 e. The third kappa shape index (κ3) is 4.00. The Hall–Kier alpha value is -2.51. The van der Waals surface area contributed by atoms with Crippen LogP contribution in [-0.4, -0.2) is 30.3 Å². The summed E-state index contributed by atoms with van der Waals surface area (Å²) in [5, 5.41) is 0.616. The molecule has 8 heteroatoms. The Morgan fingerprint density at radius 1 is 1.21 bits per heavy atom. The van der Waals surface area contributed by atoms with Gasteiger partial charge < -0.3 is 18.8 Å². The maximum atomic E-state index is 12.4. The Balaban J connectivity index is 1.63. The fraction of sp³-hybridized carbons (Fsp3) is 0.300. The first kappa shape index (κ1) is 18.8. The molecule has 0 spiro atoms. The van der Waals surface area contributed by atoms with E-state index in [1.54, 1.807) is 24.3 Å². The maximum Gasteiger partial charge on any atom is 0.286 e. The van der Waals surface area contributed by atoms with E-state index in [-0.39, 0.29) is 12.5 Å². The maximum absolute atomic E-state index is 12.4. The number of fused-ring (bicyclic) bond motifs is 2. The highest BCUT2D eigenvalue weighted by atomic mass is 35.5. The predicted octanol–water partition coefficient (Wildman–Crippen LogP) is 4.04. The summed E-state index contributed by atoms with van der Waals surface area (Å²) in [6.45, 7) is 3.78. The zero-order chi connectivity index (χ0) is 19.5. The van der Waals surface area contributed by atoms with Crippen LogP contribution in [0, 0.1) is 0 Å². The Morgan fingerprint density at radius 3 is 2.64 bits per heavy atom. The van der Waals surface area contributed by atoms with Crippen LogP contribution in [0.3, 0.4) is 0 Å². The van der Waals surface area contributed by atoms with Gasteiger partial charge in [0.05, 0.1) is 10.2 Å². The molecule has 0 N–H and O–H groups in total. The SMILES string of the molecule is CCCn1c(=NC(=O)COc2ccc(Cl)cc2)sc2cc3c(cc21)OCCO3. The average Bonchev–Trinajstić information content (AvgIpc) is 3.02. The minimum Gasteiger partial charge on any atom is -0.486 e. The monoisotopic (exact) mass is 418 g/mol.